The van der Waals surface area contributed by atoms with E-state index in [0.29, 0.717) is 24.7 Å². The predicted molar refractivity (Wildman–Crippen MR) is 105 cm³/mol. The molecule has 7 heteroatoms. The third-order valence-electron chi connectivity index (χ3n) is 4.92. The number of aromatic nitrogens is 2. The zero-order chi connectivity index (χ0) is 19.1. The molecule has 0 saturated carbocycles. The number of ether oxygens (including phenoxy) is 1. The summed E-state index contributed by atoms with van der Waals surface area (Å²) in [7, 11) is 0. The molecule has 0 aliphatic carbocycles. The van der Waals surface area contributed by atoms with Crippen LogP contribution in [0.2, 0.25) is 0 Å². The standard InChI is InChI=1S/C20H29N5O2/c1-16-4-2-11-24(16)12-3-13-27-19-7-5-18(6-8-19)25-15-17(14-23-25)20(26)22-10-9-21/h5-8,14-16H,2-4,9-13,21H2,1H3,(H,22,26). The average Bonchev–Trinajstić information content (AvgIpc) is 3.33. The van der Waals surface area contributed by atoms with Crippen LogP contribution in [0.5, 0.6) is 5.75 Å². The minimum absolute atomic E-state index is 0.168. The van der Waals surface area contributed by atoms with E-state index in [1.165, 1.54) is 19.4 Å². The third-order valence-corrected chi connectivity index (χ3v) is 4.92. The van der Waals surface area contributed by atoms with E-state index in [9.17, 15) is 4.79 Å². The van der Waals surface area contributed by atoms with E-state index in [-0.39, 0.29) is 5.91 Å². The topological polar surface area (TPSA) is 85.4 Å². The number of nitrogens with one attached hydrogen (secondary N) is 1. The molecular weight excluding hydrogens is 342 g/mol. The molecule has 1 atom stereocenters. The highest BCUT2D eigenvalue weighted by molar-refractivity contribution is 5.93. The van der Waals surface area contributed by atoms with Crippen LogP contribution in [-0.2, 0) is 0 Å². The maximum Gasteiger partial charge on any atom is 0.254 e. The second kappa shape index (κ2) is 9.53. The molecule has 0 spiro atoms. The minimum atomic E-state index is -0.168. The van der Waals surface area contributed by atoms with Gasteiger partial charge in [-0.1, -0.05) is 0 Å². The van der Waals surface area contributed by atoms with Gasteiger partial charge in [-0.15, -0.1) is 0 Å². The van der Waals surface area contributed by atoms with E-state index in [4.69, 9.17) is 10.5 Å². The Labute approximate surface area is 160 Å². The quantitative estimate of drug-likeness (QED) is 0.657. The molecule has 27 heavy (non-hydrogen) atoms. The first-order chi connectivity index (χ1) is 13.2. The molecule has 146 valence electrons. The van der Waals surface area contributed by atoms with Crippen molar-refractivity contribution in [3.63, 3.8) is 0 Å². The predicted octanol–water partition coefficient (Wildman–Crippen LogP) is 1.81. The van der Waals surface area contributed by atoms with Crippen molar-refractivity contribution in [2.45, 2.75) is 32.2 Å². The number of benzene rings is 1. The lowest BCUT2D eigenvalue weighted by Gasteiger charge is -2.20. The van der Waals surface area contributed by atoms with E-state index < -0.39 is 0 Å². The molecule has 1 amide bonds. The van der Waals surface area contributed by atoms with Crippen molar-refractivity contribution in [2.75, 3.05) is 32.8 Å². The Kier molecular flexibility index (Phi) is 6.84. The summed E-state index contributed by atoms with van der Waals surface area (Å²) >= 11 is 0. The molecule has 7 nitrogen and oxygen atoms in total. The van der Waals surface area contributed by atoms with Crippen LogP contribution in [0.1, 0.15) is 36.5 Å². The number of nitrogens with two attached hydrogens (primary N) is 1. The van der Waals surface area contributed by atoms with Crippen LogP contribution in [0.25, 0.3) is 5.69 Å². The summed E-state index contributed by atoms with van der Waals surface area (Å²) in [4.78, 5) is 14.5. The van der Waals surface area contributed by atoms with Crippen LogP contribution in [0, 0.1) is 0 Å². The van der Waals surface area contributed by atoms with Crippen molar-refractivity contribution in [1.29, 1.82) is 0 Å². The molecule has 1 aliphatic heterocycles. The monoisotopic (exact) mass is 371 g/mol. The fourth-order valence-corrected chi connectivity index (χ4v) is 3.35. The Morgan fingerprint density at radius 3 is 2.89 bits per heavy atom. The summed E-state index contributed by atoms with van der Waals surface area (Å²) in [5.41, 5.74) is 6.79. The van der Waals surface area contributed by atoms with Gasteiger partial charge < -0.3 is 20.7 Å². The lowest BCUT2D eigenvalue weighted by molar-refractivity contribution is 0.0954. The smallest absolute Gasteiger partial charge is 0.254 e. The van der Waals surface area contributed by atoms with Gasteiger partial charge >= 0.3 is 0 Å². The van der Waals surface area contributed by atoms with Crippen molar-refractivity contribution in [3.8, 4) is 11.4 Å². The molecule has 3 rings (SSSR count). The van der Waals surface area contributed by atoms with Crippen molar-refractivity contribution in [3.05, 3.63) is 42.2 Å². The highest BCUT2D eigenvalue weighted by Gasteiger charge is 2.19. The van der Waals surface area contributed by atoms with Crippen LogP contribution < -0.4 is 15.8 Å². The van der Waals surface area contributed by atoms with Crippen LogP contribution >= 0.6 is 0 Å². The van der Waals surface area contributed by atoms with E-state index in [2.05, 4.69) is 22.2 Å². The zero-order valence-corrected chi connectivity index (χ0v) is 15.9. The van der Waals surface area contributed by atoms with Crippen LogP contribution in [-0.4, -0.2) is 59.4 Å². The third kappa shape index (κ3) is 5.30. The first kappa shape index (κ1) is 19.4. The van der Waals surface area contributed by atoms with E-state index in [1.807, 2.05) is 24.3 Å². The zero-order valence-electron chi connectivity index (χ0n) is 15.9. The second-order valence-electron chi connectivity index (χ2n) is 6.94. The number of hydrogen-bond acceptors (Lipinski definition) is 5. The maximum atomic E-state index is 11.9. The van der Waals surface area contributed by atoms with Crippen molar-refractivity contribution < 1.29 is 9.53 Å². The Hall–Kier alpha value is -2.38. The van der Waals surface area contributed by atoms with Gasteiger partial charge in [-0.3, -0.25) is 4.79 Å². The minimum Gasteiger partial charge on any atom is -0.494 e. The van der Waals surface area contributed by atoms with Gasteiger partial charge in [0.1, 0.15) is 5.75 Å². The average molecular weight is 371 g/mol. The Morgan fingerprint density at radius 2 is 2.19 bits per heavy atom. The number of rotatable bonds is 9. The van der Waals surface area contributed by atoms with Crippen molar-refractivity contribution in [2.24, 2.45) is 5.73 Å². The first-order valence-corrected chi connectivity index (χ1v) is 9.67. The van der Waals surface area contributed by atoms with Crippen LogP contribution in [0.4, 0.5) is 0 Å². The summed E-state index contributed by atoms with van der Waals surface area (Å²) < 4.78 is 7.52. The molecule has 1 aromatic heterocycles. The van der Waals surface area contributed by atoms with Gasteiger partial charge in [-0.25, -0.2) is 4.68 Å². The Morgan fingerprint density at radius 1 is 1.37 bits per heavy atom. The number of likely N-dealkylation sites (tertiary alicyclic amines) is 1. The van der Waals surface area contributed by atoms with Gasteiger partial charge in [0.2, 0.25) is 0 Å². The van der Waals surface area contributed by atoms with Gasteiger partial charge in [-0.2, -0.15) is 5.10 Å². The summed E-state index contributed by atoms with van der Waals surface area (Å²) in [6.07, 6.45) is 6.92. The first-order valence-electron chi connectivity index (χ1n) is 9.67. The van der Waals surface area contributed by atoms with Crippen molar-refractivity contribution >= 4 is 5.91 Å². The lowest BCUT2D eigenvalue weighted by Crippen LogP contribution is -2.28. The molecule has 1 fully saturated rings. The highest BCUT2D eigenvalue weighted by Crippen LogP contribution is 2.18. The number of amides is 1. The molecule has 0 bridgehead atoms. The molecule has 3 N–H and O–H groups in total. The van der Waals surface area contributed by atoms with Gasteiger partial charge in [0, 0.05) is 31.9 Å². The number of carbonyl (C=O) groups is 1. The molecule has 0 radical (unpaired) electrons. The van der Waals surface area contributed by atoms with Crippen molar-refractivity contribution in [1.82, 2.24) is 20.0 Å². The Balaban J connectivity index is 1.47. The summed E-state index contributed by atoms with van der Waals surface area (Å²) in [6, 6.07) is 8.45. The summed E-state index contributed by atoms with van der Waals surface area (Å²) in [5.74, 6) is 0.681. The fourth-order valence-electron chi connectivity index (χ4n) is 3.35. The second-order valence-corrected chi connectivity index (χ2v) is 6.94. The summed E-state index contributed by atoms with van der Waals surface area (Å²) in [5, 5.41) is 6.98. The van der Waals surface area contributed by atoms with Gasteiger partial charge in [0.25, 0.3) is 5.91 Å². The van der Waals surface area contributed by atoms with Gasteiger partial charge in [0.15, 0.2) is 0 Å². The lowest BCUT2D eigenvalue weighted by atomic mass is 10.2. The largest absolute Gasteiger partial charge is 0.494 e. The molecule has 1 aliphatic rings. The molecule has 1 saturated heterocycles. The van der Waals surface area contributed by atoms with E-state index in [1.54, 1.807) is 17.1 Å². The number of carbonyl (C=O) groups excluding carboxylic acids is 1. The maximum absolute atomic E-state index is 11.9. The van der Waals surface area contributed by atoms with Gasteiger partial charge in [0.05, 0.1) is 24.1 Å². The molecule has 1 aromatic carbocycles. The van der Waals surface area contributed by atoms with E-state index >= 15 is 0 Å². The SMILES string of the molecule is CC1CCCN1CCCOc1ccc(-n2cc(C(=O)NCCN)cn2)cc1. The molecular formula is C20H29N5O2. The number of nitrogens with zero attached hydrogens (tertiary/aromatic N) is 3. The Bertz CT molecular complexity index is 728. The molecule has 1 unspecified atom stereocenters. The molecule has 2 heterocycles. The highest BCUT2D eigenvalue weighted by atomic mass is 16.5. The molecule has 2 aromatic rings. The fraction of sp³-hybridized carbons (Fsp3) is 0.500. The van der Waals surface area contributed by atoms with Crippen LogP contribution in [0.15, 0.2) is 36.7 Å². The van der Waals surface area contributed by atoms with Gasteiger partial charge in [-0.05, 0) is 57.0 Å². The summed E-state index contributed by atoms with van der Waals surface area (Å²) in [6.45, 7) is 6.20. The normalized spacial score (nSPS) is 17.2. The number of hydrogen-bond donors (Lipinski definition) is 2. The van der Waals surface area contributed by atoms with Crippen LogP contribution in [0.3, 0.4) is 0 Å². The van der Waals surface area contributed by atoms with E-state index in [0.717, 1.165) is 31.0 Å².